The zero-order valence-corrected chi connectivity index (χ0v) is 12.5. The number of hydrogen-bond donors (Lipinski definition) is 2. The first-order valence-electron chi connectivity index (χ1n) is 5.79. The average molecular weight is 313 g/mol. The average Bonchev–Trinajstić information content (AvgIpc) is 2.78. The van der Waals surface area contributed by atoms with Crippen molar-refractivity contribution in [1.82, 2.24) is 4.98 Å². The number of hydrogen-bond acceptors (Lipinski definition) is 5. The van der Waals surface area contributed by atoms with Crippen molar-refractivity contribution >= 4 is 34.0 Å². The zero-order chi connectivity index (χ0) is 14.7. The monoisotopic (exact) mass is 312 g/mol. The van der Waals surface area contributed by atoms with Gasteiger partial charge in [0.1, 0.15) is 10.6 Å². The molecule has 0 amide bonds. The lowest BCUT2D eigenvalue weighted by Crippen LogP contribution is -2.02. The Labute approximate surface area is 125 Å². The fourth-order valence-corrected chi connectivity index (χ4v) is 2.77. The highest BCUT2D eigenvalue weighted by atomic mass is 35.5. The van der Waals surface area contributed by atoms with Crippen molar-refractivity contribution in [2.24, 2.45) is 0 Å². The van der Waals surface area contributed by atoms with E-state index in [0.717, 1.165) is 16.9 Å². The normalized spacial score (nSPS) is 10.3. The second kappa shape index (κ2) is 6.11. The molecular formula is C13H13ClN2O3S. The van der Waals surface area contributed by atoms with Gasteiger partial charge in [-0.2, -0.15) is 0 Å². The fourth-order valence-electron chi connectivity index (χ4n) is 1.74. The van der Waals surface area contributed by atoms with Crippen LogP contribution in [-0.4, -0.2) is 23.2 Å². The maximum atomic E-state index is 11.0. The second-order valence-corrected chi connectivity index (χ2v) is 5.42. The van der Waals surface area contributed by atoms with Gasteiger partial charge in [0.25, 0.3) is 0 Å². The molecule has 0 saturated heterocycles. The highest BCUT2D eigenvalue weighted by Gasteiger charge is 2.14. The summed E-state index contributed by atoms with van der Waals surface area (Å²) in [6.45, 7) is 2.08. The second-order valence-electron chi connectivity index (χ2n) is 4.01. The number of aromatic nitrogens is 1. The number of benzene rings is 1. The number of nitrogens with one attached hydrogen (secondary N) is 1. The Bertz CT molecular complexity index is 643. The molecule has 20 heavy (non-hydrogen) atoms. The summed E-state index contributed by atoms with van der Waals surface area (Å²) in [5, 5.41) is 13.2. The Morgan fingerprint density at radius 3 is 2.90 bits per heavy atom. The molecule has 7 heteroatoms. The molecule has 0 aliphatic rings. The molecular weight excluding hydrogens is 300 g/mol. The number of thiazole rings is 1. The van der Waals surface area contributed by atoms with Gasteiger partial charge >= 0.3 is 5.97 Å². The molecule has 2 aromatic rings. The standard InChI is InChI=1S/C13H13ClN2O3S/c1-7-11(12(17)18)20-13(16-7)15-6-8-9(14)4-3-5-10(8)19-2/h3-5H,6H2,1-2H3,(H,15,16)(H,17,18). The Morgan fingerprint density at radius 2 is 2.30 bits per heavy atom. The molecule has 1 heterocycles. The van der Waals surface area contributed by atoms with Gasteiger partial charge < -0.3 is 15.2 Å². The van der Waals surface area contributed by atoms with Gasteiger partial charge in [-0.1, -0.05) is 29.0 Å². The summed E-state index contributed by atoms with van der Waals surface area (Å²) >= 11 is 7.23. The lowest BCUT2D eigenvalue weighted by atomic mass is 10.2. The Balaban J connectivity index is 2.17. The molecule has 0 unspecified atom stereocenters. The van der Waals surface area contributed by atoms with E-state index < -0.39 is 5.97 Å². The van der Waals surface area contributed by atoms with Crippen molar-refractivity contribution in [1.29, 1.82) is 0 Å². The Morgan fingerprint density at radius 1 is 1.55 bits per heavy atom. The summed E-state index contributed by atoms with van der Waals surface area (Å²) in [5.41, 5.74) is 1.30. The smallest absolute Gasteiger partial charge is 0.347 e. The van der Waals surface area contributed by atoms with E-state index in [1.165, 1.54) is 0 Å². The van der Waals surface area contributed by atoms with E-state index in [-0.39, 0.29) is 4.88 Å². The number of anilines is 1. The van der Waals surface area contributed by atoms with Crippen LogP contribution in [0.15, 0.2) is 18.2 Å². The van der Waals surface area contributed by atoms with Gasteiger partial charge in [0.05, 0.1) is 12.8 Å². The minimum Gasteiger partial charge on any atom is -0.496 e. The van der Waals surface area contributed by atoms with E-state index in [1.54, 1.807) is 26.2 Å². The van der Waals surface area contributed by atoms with Crippen molar-refractivity contribution in [2.75, 3.05) is 12.4 Å². The first-order valence-corrected chi connectivity index (χ1v) is 6.98. The summed E-state index contributed by atoms with van der Waals surface area (Å²) in [7, 11) is 1.57. The molecule has 106 valence electrons. The predicted molar refractivity (Wildman–Crippen MR) is 79.1 cm³/mol. The van der Waals surface area contributed by atoms with Crippen LogP contribution in [0, 0.1) is 6.92 Å². The van der Waals surface area contributed by atoms with Crippen LogP contribution in [0.3, 0.4) is 0 Å². The SMILES string of the molecule is COc1cccc(Cl)c1CNc1nc(C)c(C(=O)O)s1. The number of carbonyl (C=O) groups is 1. The van der Waals surface area contributed by atoms with Gasteiger partial charge in [0.2, 0.25) is 0 Å². The van der Waals surface area contributed by atoms with Crippen LogP contribution in [0.2, 0.25) is 5.02 Å². The molecule has 1 aromatic carbocycles. The molecule has 0 atom stereocenters. The van der Waals surface area contributed by atoms with E-state index in [2.05, 4.69) is 10.3 Å². The highest BCUT2D eigenvalue weighted by Crippen LogP contribution is 2.28. The molecule has 0 spiro atoms. The molecule has 0 fully saturated rings. The largest absolute Gasteiger partial charge is 0.496 e. The first kappa shape index (κ1) is 14.6. The van der Waals surface area contributed by atoms with Gasteiger partial charge in [0.15, 0.2) is 5.13 Å². The number of aryl methyl sites for hydroxylation is 1. The number of nitrogens with zero attached hydrogens (tertiary/aromatic N) is 1. The van der Waals surface area contributed by atoms with Crippen LogP contribution in [0.1, 0.15) is 20.9 Å². The van der Waals surface area contributed by atoms with Crippen molar-refractivity contribution in [3.8, 4) is 5.75 Å². The minimum absolute atomic E-state index is 0.235. The number of aromatic carboxylic acids is 1. The number of halogens is 1. The highest BCUT2D eigenvalue weighted by molar-refractivity contribution is 7.17. The molecule has 0 aliphatic carbocycles. The number of carboxylic acids is 1. The summed E-state index contributed by atoms with van der Waals surface area (Å²) in [5.74, 6) is -0.292. The fraction of sp³-hybridized carbons (Fsp3) is 0.231. The number of methoxy groups -OCH3 is 1. The topological polar surface area (TPSA) is 71.5 Å². The summed E-state index contributed by atoms with van der Waals surface area (Å²) in [6.07, 6.45) is 0. The van der Waals surface area contributed by atoms with Gasteiger partial charge in [-0.3, -0.25) is 0 Å². The molecule has 5 nitrogen and oxygen atoms in total. The van der Waals surface area contributed by atoms with Gasteiger partial charge in [-0.25, -0.2) is 9.78 Å². The van der Waals surface area contributed by atoms with Gasteiger partial charge in [-0.05, 0) is 19.1 Å². The minimum atomic E-state index is -0.969. The number of carboxylic acid groups (broad SMARTS) is 1. The molecule has 0 saturated carbocycles. The number of ether oxygens (including phenoxy) is 1. The third-order valence-electron chi connectivity index (χ3n) is 2.70. The van der Waals surface area contributed by atoms with Crippen molar-refractivity contribution in [3.63, 3.8) is 0 Å². The maximum Gasteiger partial charge on any atom is 0.347 e. The van der Waals surface area contributed by atoms with Crippen LogP contribution in [-0.2, 0) is 6.54 Å². The van der Waals surface area contributed by atoms with Crippen LogP contribution in [0.25, 0.3) is 0 Å². The maximum absolute atomic E-state index is 11.0. The summed E-state index contributed by atoms with van der Waals surface area (Å²) in [4.78, 5) is 15.4. The van der Waals surface area contributed by atoms with Crippen LogP contribution >= 0.6 is 22.9 Å². The van der Waals surface area contributed by atoms with Crippen LogP contribution in [0.4, 0.5) is 5.13 Å². The van der Waals surface area contributed by atoms with Crippen molar-refractivity contribution in [2.45, 2.75) is 13.5 Å². The van der Waals surface area contributed by atoms with Crippen LogP contribution in [0.5, 0.6) is 5.75 Å². The van der Waals surface area contributed by atoms with Crippen molar-refractivity contribution in [3.05, 3.63) is 39.4 Å². The first-order chi connectivity index (χ1) is 9.52. The summed E-state index contributed by atoms with van der Waals surface area (Å²) in [6, 6.07) is 5.40. The molecule has 2 rings (SSSR count). The zero-order valence-electron chi connectivity index (χ0n) is 10.9. The van der Waals surface area contributed by atoms with Gasteiger partial charge in [0, 0.05) is 17.1 Å². The lowest BCUT2D eigenvalue weighted by Gasteiger charge is -2.10. The van der Waals surface area contributed by atoms with E-state index in [9.17, 15) is 4.79 Å². The van der Waals surface area contributed by atoms with Crippen molar-refractivity contribution < 1.29 is 14.6 Å². The third-order valence-corrected chi connectivity index (χ3v) is 4.16. The summed E-state index contributed by atoms with van der Waals surface area (Å²) < 4.78 is 5.25. The molecule has 0 radical (unpaired) electrons. The number of rotatable bonds is 5. The molecule has 2 N–H and O–H groups in total. The lowest BCUT2D eigenvalue weighted by molar-refractivity contribution is 0.0701. The quantitative estimate of drug-likeness (QED) is 0.885. The Hall–Kier alpha value is -1.79. The van der Waals surface area contributed by atoms with Crippen LogP contribution < -0.4 is 10.1 Å². The predicted octanol–water partition coefficient (Wildman–Crippen LogP) is 3.42. The van der Waals surface area contributed by atoms with Gasteiger partial charge in [-0.15, -0.1) is 0 Å². The third kappa shape index (κ3) is 3.02. The molecule has 0 bridgehead atoms. The van der Waals surface area contributed by atoms with E-state index in [4.69, 9.17) is 21.4 Å². The molecule has 1 aromatic heterocycles. The van der Waals surface area contributed by atoms with E-state index >= 15 is 0 Å². The molecule has 0 aliphatic heterocycles. The van der Waals surface area contributed by atoms with E-state index in [1.807, 2.05) is 6.07 Å². The van der Waals surface area contributed by atoms with E-state index in [0.29, 0.717) is 28.1 Å². The Kier molecular flexibility index (Phi) is 4.46.